The van der Waals surface area contributed by atoms with E-state index in [0.717, 1.165) is 0 Å². The first-order valence-corrected chi connectivity index (χ1v) is 14.9. The summed E-state index contributed by atoms with van der Waals surface area (Å²) in [6.45, 7) is 16.0. The summed E-state index contributed by atoms with van der Waals surface area (Å²) in [5, 5.41) is 4.19. The van der Waals surface area contributed by atoms with Crippen LogP contribution in [-0.4, -0.2) is 15.5 Å². The van der Waals surface area contributed by atoms with Gasteiger partial charge in [-0.1, -0.05) is 77.9 Å². The highest BCUT2D eigenvalue weighted by Crippen LogP contribution is 2.15. The normalized spacial score (nSPS) is 14.7. The van der Waals surface area contributed by atoms with Crippen molar-refractivity contribution in [2.75, 3.05) is 0 Å². The van der Waals surface area contributed by atoms with Gasteiger partial charge in [0.05, 0.1) is 8.07 Å². The molecule has 0 aliphatic heterocycles. The van der Waals surface area contributed by atoms with Crippen molar-refractivity contribution in [1.82, 2.24) is 0 Å². The summed E-state index contributed by atoms with van der Waals surface area (Å²) < 4.78 is 0. The van der Waals surface area contributed by atoms with Gasteiger partial charge in [0.2, 0.25) is 7.38 Å². The predicted octanol–water partition coefficient (Wildman–Crippen LogP) is 4.09. The largest absolute Gasteiger partial charge is 0.214 e. The number of rotatable bonds is 3. The molecular weight excluding hydrogens is 320 g/mol. The van der Waals surface area contributed by atoms with E-state index in [9.17, 15) is 0 Å². The third-order valence-electron chi connectivity index (χ3n) is 4.37. The molecule has 0 saturated heterocycles. The third-order valence-corrected chi connectivity index (χ3v) is 10.6. The maximum absolute atomic E-state index is 7.19. The van der Waals surface area contributed by atoms with Crippen LogP contribution >= 0.6 is 11.1 Å². The smallest absolute Gasteiger partial charge is 0.155 e. The van der Waals surface area contributed by atoms with Crippen LogP contribution in [0.4, 0.5) is 0 Å². The van der Waals surface area contributed by atoms with Crippen LogP contribution in [0.25, 0.3) is 0 Å². The van der Waals surface area contributed by atoms with E-state index in [1.54, 1.807) is 0 Å². The molecule has 0 aliphatic carbocycles. The molecule has 2 aromatic rings. The van der Waals surface area contributed by atoms with Crippen molar-refractivity contribution in [2.24, 2.45) is 0 Å². The Morgan fingerprint density at radius 3 is 1.86 bits per heavy atom. The van der Waals surface area contributed by atoms with Crippen LogP contribution in [0.15, 0.2) is 36.4 Å². The predicted molar refractivity (Wildman–Crippen MR) is 107 cm³/mol. The molecule has 0 amide bonds. The van der Waals surface area contributed by atoms with Crippen molar-refractivity contribution in [3.05, 3.63) is 53.1 Å². The maximum atomic E-state index is 7.19. The third kappa shape index (κ3) is 3.56. The molecular formula is C19H27ClSi2. The summed E-state index contributed by atoms with van der Waals surface area (Å²) in [6.07, 6.45) is 0. The summed E-state index contributed by atoms with van der Waals surface area (Å²) >= 11 is 7.19. The lowest BCUT2D eigenvalue weighted by Crippen LogP contribution is -2.54. The summed E-state index contributed by atoms with van der Waals surface area (Å²) in [4.78, 5) is 0. The molecule has 118 valence electrons. The Balaban J connectivity index is 2.60. The molecule has 0 radical (unpaired) electrons. The number of halogens is 1. The summed E-state index contributed by atoms with van der Waals surface area (Å²) in [5.41, 5.74) is 3.95. The zero-order valence-electron chi connectivity index (χ0n) is 14.8. The molecule has 0 aliphatic rings. The average Bonchev–Trinajstić information content (AvgIpc) is 2.36. The number of benzene rings is 2. The van der Waals surface area contributed by atoms with E-state index in [-0.39, 0.29) is 0 Å². The highest BCUT2D eigenvalue weighted by atomic mass is 35.6. The highest BCUT2D eigenvalue weighted by molar-refractivity contribution is 7.33. The second-order valence-corrected chi connectivity index (χ2v) is 18.1. The van der Waals surface area contributed by atoms with E-state index in [1.807, 2.05) is 0 Å². The van der Waals surface area contributed by atoms with Crippen molar-refractivity contribution in [3.8, 4) is 0 Å². The summed E-state index contributed by atoms with van der Waals surface area (Å²) in [6, 6.07) is 13.7. The van der Waals surface area contributed by atoms with E-state index >= 15 is 0 Å². The first-order chi connectivity index (χ1) is 10.0. The Morgan fingerprint density at radius 1 is 0.727 bits per heavy atom. The minimum atomic E-state index is -2.17. The second-order valence-electron chi connectivity index (χ2n) is 7.66. The standard InChI is InChI=1S/C19H27ClSi2/c1-14-8-9-19(16(3)10-14)22(7,20)18-12-15(2)11-17(13-18)21(4,5)6/h8-13H,1-7H3. The lowest BCUT2D eigenvalue weighted by atomic mass is 10.2. The Hall–Kier alpha value is -0.836. The topological polar surface area (TPSA) is 0 Å². The fourth-order valence-electron chi connectivity index (χ4n) is 2.98. The molecule has 2 rings (SSSR count). The van der Waals surface area contributed by atoms with Gasteiger partial charge in [0.15, 0.2) is 0 Å². The zero-order chi connectivity index (χ0) is 16.7. The van der Waals surface area contributed by atoms with Crippen LogP contribution in [-0.2, 0) is 0 Å². The molecule has 0 N–H and O–H groups in total. The number of hydrogen-bond donors (Lipinski definition) is 0. The fourth-order valence-corrected chi connectivity index (χ4v) is 7.79. The van der Waals surface area contributed by atoms with Gasteiger partial charge >= 0.3 is 0 Å². The van der Waals surface area contributed by atoms with Crippen molar-refractivity contribution in [3.63, 3.8) is 0 Å². The van der Waals surface area contributed by atoms with Crippen molar-refractivity contribution in [2.45, 2.75) is 47.0 Å². The van der Waals surface area contributed by atoms with Crippen molar-refractivity contribution in [1.29, 1.82) is 0 Å². The minimum Gasteiger partial charge on any atom is -0.155 e. The quantitative estimate of drug-likeness (QED) is 0.580. The monoisotopic (exact) mass is 346 g/mol. The van der Waals surface area contributed by atoms with E-state index in [2.05, 4.69) is 83.4 Å². The first-order valence-electron chi connectivity index (χ1n) is 7.91. The fraction of sp³-hybridized carbons (Fsp3) is 0.368. The van der Waals surface area contributed by atoms with Crippen molar-refractivity contribution < 1.29 is 0 Å². The highest BCUT2D eigenvalue weighted by Gasteiger charge is 2.32. The van der Waals surface area contributed by atoms with Gasteiger partial charge in [-0.2, -0.15) is 11.1 Å². The maximum Gasteiger partial charge on any atom is 0.214 e. The van der Waals surface area contributed by atoms with Gasteiger partial charge in [0, 0.05) is 0 Å². The molecule has 0 aromatic heterocycles. The number of aryl methyl sites for hydroxylation is 3. The SMILES string of the molecule is Cc1cc([Si](C)(C)C)cc([Si](C)(Cl)c2ccc(C)cc2C)c1. The molecule has 0 heterocycles. The molecule has 0 nitrogen and oxygen atoms in total. The number of hydrogen-bond acceptors (Lipinski definition) is 0. The molecule has 0 fully saturated rings. The lowest BCUT2D eigenvalue weighted by Gasteiger charge is -2.26. The second kappa shape index (κ2) is 5.99. The van der Waals surface area contributed by atoms with E-state index in [0.29, 0.717) is 0 Å². The first kappa shape index (κ1) is 17.5. The summed E-state index contributed by atoms with van der Waals surface area (Å²) in [5.74, 6) is 0. The van der Waals surface area contributed by atoms with Gasteiger partial charge < -0.3 is 0 Å². The molecule has 0 spiro atoms. The lowest BCUT2D eigenvalue weighted by molar-refractivity contribution is 1.41. The van der Waals surface area contributed by atoms with Gasteiger partial charge in [0.1, 0.15) is 0 Å². The van der Waals surface area contributed by atoms with Crippen LogP contribution in [0.1, 0.15) is 16.7 Å². The van der Waals surface area contributed by atoms with Crippen LogP contribution in [0, 0.1) is 20.8 Å². The minimum absolute atomic E-state index is 1.30. The molecule has 0 saturated carbocycles. The van der Waals surface area contributed by atoms with Gasteiger partial charge in [-0.05, 0) is 37.7 Å². The van der Waals surface area contributed by atoms with Crippen molar-refractivity contribution >= 4 is 42.1 Å². The van der Waals surface area contributed by atoms with Crippen LogP contribution in [0.5, 0.6) is 0 Å². The van der Waals surface area contributed by atoms with Gasteiger partial charge in [-0.15, -0.1) is 0 Å². The van der Waals surface area contributed by atoms with Crippen LogP contribution in [0.3, 0.4) is 0 Å². The van der Waals surface area contributed by atoms with E-state index in [4.69, 9.17) is 11.1 Å². The Morgan fingerprint density at radius 2 is 1.32 bits per heavy atom. The Kier molecular flexibility index (Phi) is 4.77. The van der Waals surface area contributed by atoms with Crippen LogP contribution in [0.2, 0.25) is 26.2 Å². The Bertz CT molecular complexity index is 697. The average molecular weight is 347 g/mol. The van der Waals surface area contributed by atoms with Gasteiger partial charge in [-0.25, -0.2) is 0 Å². The molecule has 22 heavy (non-hydrogen) atoms. The zero-order valence-corrected chi connectivity index (χ0v) is 17.6. The molecule has 3 heteroatoms. The molecule has 2 aromatic carbocycles. The molecule has 0 bridgehead atoms. The summed E-state index contributed by atoms with van der Waals surface area (Å²) in [7, 11) is -3.50. The molecule has 1 atom stereocenters. The van der Waals surface area contributed by atoms with E-state index < -0.39 is 15.5 Å². The van der Waals surface area contributed by atoms with E-state index in [1.165, 1.54) is 32.3 Å². The van der Waals surface area contributed by atoms with Gasteiger partial charge in [-0.3, -0.25) is 0 Å². The van der Waals surface area contributed by atoms with Crippen LogP contribution < -0.4 is 15.6 Å². The van der Waals surface area contributed by atoms with Gasteiger partial charge in [0.25, 0.3) is 0 Å². The Labute approximate surface area is 142 Å². The molecule has 1 unspecified atom stereocenters.